The Morgan fingerprint density at radius 1 is 0.955 bits per heavy atom. The largest absolute Gasteiger partial charge is 0.488 e. The maximum atomic E-state index is 6.20. The van der Waals surface area contributed by atoms with Gasteiger partial charge in [-0.1, -0.05) is 54.6 Å². The Morgan fingerprint density at radius 2 is 1.64 bits per heavy atom. The minimum Gasteiger partial charge on any atom is -0.488 e. The van der Waals surface area contributed by atoms with E-state index in [1.54, 1.807) is 0 Å². The first-order chi connectivity index (χ1) is 10.8. The second-order valence-electron chi connectivity index (χ2n) is 5.19. The fourth-order valence-electron chi connectivity index (χ4n) is 2.59. The molecule has 0 aliphatic carbocycles. The lowest BCUT2D eigenvalue weighted by Crippen LogP contribution is -2.03. The molecular formula is C19H20N2O. The molecule has 3 aromatic carbocycles. The van der Waals surface area contributed by atoms with Gasteiger partial charge in [0.2, 0.25) is 0 Å². The van der Waals surface area contributed by atoms with E-state index in [0.29, 0.717) is 12.3 Å². The predicted molar refractivity (Wildman–Crippen MR) is 93.3 cm³/mol. The highest BCUT2D eigenvalue weighted by Gasteiger charge is 2.10. The van der Waals surface area contributed by atoms with Gasteiger partial charge in [-0.05, 0) is 12.5 Å². The third-order valence-corrected chi connectivity index (χ3v) is 3.63. The van der Waals surface area contributed by atoms with Gasteiger partial charge >= 0.3 is 0 Å². The van der Waals surface area contributed by atoms with Gasteiger partial charge in [0.15, 0.2) is 0 Å². The Kier molecular flexibility index (Phi) is 4.15. The van der Waals surface area contributed by atoms with Crippen LogP contribution in [0.25, 0.3) is 10.8 Å². The van der Waals surface area contributed by atoms with Crippen LogP contribution in [-0.4, -0.2) is 6.54 Å². The van der Waals surface area contributed by atoms with Gasteiger partial charge in [0.25, 0.3) is 0 Å². The summed E-state index contributed by atoms with van der Waals surface area (Å²) in [5.74, 6) is 0.818. The van der Waals surface area contributed by atoms with Gasteiger partial charge in [-0.25, -0.2) is 0 Å². The van der Waals surface area contributed by atoms with Crippen LogP contribution in [0, 0.1) is 0 Å². The number of ether oxygens (including phenoxy) is 1. The molecule has 0 aromatic heterocycles. The van der Waals surface area contributed by atoms with Gasteiger partial charge in [0.05, 0.1) is 11.4 Å². The van der Waals surface area contributed by atoms with Crippen molar-refractivity contribution in [2.24, 2.45) is 0 Å². The van der Waals surface area contributed by atoms with Crippen molar-refractivity contribution in [3.05, 3.63) is 66.2 Å². The summed E-state index contributed by atoms with van der Waals surface area (Å²) in [6.07, 6.45) is 0. The van der Waals surface area contributed by atoms with Crippen LogP contribution in [0.1, 0.15) is 12.5 Å². The smallest absolute Gasteiger partial charge is 0.129 e. The second kappa shape index (κ2) is 6.39. The second-order valence-corrected chi connectivity index (χ2v) is 5.19. The Hall–Kier alpha value is -2.68. The minimum absolute atomic E-state index is 0.533. The van der Waals surface area contributed by atoms with Crippen molar-refractivity contribution in [2.75, 3.05) is 17.6 Å². The number of anilines is 2. The quantitative estimate of drug-likeness (QED) is 0.684. The standard InChI is InChI=1S/C19H20N2O/c1-2-21-19-16-11-7-6-10-15(16)18(12-17(19)20)22-13-14-8-4-3-5-9-14/h3-12,21H,2,13,20H2,1H3. The van der Waals surface area contributed by atoms with Crippen LogP contribution in [0.15, 0.2) is 60.7 Å². The lowest BCUT2D eigenvalue weighted by atomic mass is 10.1. The first-order valence-corrected chi connectivity index (χ1v) is 7.51. The van der Waals surface area contributed by atoms with Crippen molar-refractivity contribution < 1.29 is 4.74 Å². The molecule has 0 atom stereocenters. The lowest BCUT2D eigenvalue weighted by Gasteiger charge is -2.16. The molecule has 0 saturated heterocycles. The monoisotopic (exact) mass is 292 g/mol. The molecular weight excluding hydrogens is 272 g/mol. The SMILES string of the molecule is CCNc1c(N)cc(OCc2ccccc2)c2ccccc12. The normalized spacial score (nSPS) is 10.6. The molecule has 0 spiro atoms. The molecule has 0 bridgehead atoms. The zero-order chi connectivity index (χ0) is 15.4. The van der Waals surface area contributed by atoms with Crippen molar-refractivity contribution in [3.63, 3.8) is 0 Å². The van der Waals surface area contributed by atoms with Gasteiger partial charge in [-0.2, -0.15) is 0 Å². The van der Waals surface area contributed by atoms with E-state index in [2.05, 4.69) is 36.5 Å². The number of hydrogen-bond donors (Lipinski definition) is 2. The zero-order valence-electron chi connectivity index (χ0n) is 12.7. The van der Waals surface area contributed by atoms with Gasteiger partial charge in [-0.15, -0.1) is 0 Å². The van der Waals surface area contributed by atoms with Crippen molar-refractivity contribution in [1.29, 1.82) is 0 Å². The number of nitrogens with two attached hydrogens (primary N) is 1. The van der Waals surface area contributed by atoms with E-state index in [1.807, 2.05) is 36.4 Å². The van der Waals surface area contributed by atoms with Crippen LogP contribution < -0.4 is 15.8 Å². The number of benzene rings is 3. The summed E-state index contributed by atoms with van der Waals surface area (Å²) in [7, 11) is 0. The summed E-state index contributed by atoms with van der Waals surface area (Å²) in [5, 5.41) is 5.50. The zero-order valence-corrected chi connectivity index (χ0v) is 12.7. The third-order valence-electron chi connectivity index (χ3n) is 3.63. The number of nitrogen functional groups attached to an aromatic ring is 1. The van der Waals surface area contributed by atoms with Gasteiger partial charge in [-0.3, -0.25) is 0 Å². The summed E-state index contributed by atoms with van der Waals surface area (Å²) in [4.78, 5) is 0. The molecule has 3 nitrogen and oxygen atoms in total. The molecule has 3 rings (SSSR count). The van der Waals surface area contributed by atoms with Crippen molar-refractivity contribution in [1.82, 2.24) is 0 Å². The first-order valence-electron chi connectivity index (χ1n) is 7.51. The fourth-order valence-corrected chi connectivity index (χ4v) is 2.59. The summed E-state index contributed by atoms with van der Waals surface area (Å²) in [6, 6.07) is 20.2. The molecule has 0 unspecified atom stereocenters. The van der Waals surface area contributed by atoms with Gasteiger partial charge < -0.3 is 15.8 Å². The molecule has 3 heteroatoms. The Bertz CT molecular complexity index is 769. The molecule has 0 saturated carbocycles. The fraction of sp³-hybridized carbons (Fsp3) is 0.158. The summed E-state index contributed by atoms with van der Waals surface area (Å²) in [6.45, 7) is 3.43. The van der Waals surface area contributed by atoms with E-state index in [4.69, 9.17) is 10.5 Å². The molecule has 3 N–H and O–H groups in total. The lowest BCUT2D eigenvalue weighted by molar-refractivity contribution is 0.310. The third kappa shape index (κ3) is 2.84. The molecule has 0 aliphatic rings. The molecule has 0 amide bonds. The van der Waals surface area contributed by atoms with Gasteiger partial charge in [0.1, 0.15) is 12.4 Å². The van der Waals surface area contributed by atoms with Crippen LogP contribution in [-0.2, 0) is 6.61 Å². The van der Waals surface area contributed by atoms with Crippen molar-refractivity contribution in [3.8, 4) is 5.75 Å². The maximum absolute atomic E-state index is 6.20. The summed E-state index contributed by atoms with van der Waals surface area (Å²) < 4.78 is 6.01. The average molecular weight is 292 g/mol. The molecule has 0 fully saturated rings. The van der Waals surface area contributed by atoms with Crippen LogP contribution in [0.4, 0.5) is 11.4 Å². The average Bonchev–Trinajstić information content (AvgIpc) is 2.57. The van der Waals surface area contributed by atoms with E-state index in [9.17, 15) is 0 Å². The van der Waals surface area contributed by atoms with E-state index in [1.165, 1.54) is 0 Å². The Morgan fingerprint density at radius 3 is 2.36 bits per heavy atom. The van der Waals surface area contributed by atoms with Crippen LogP contribution in [0.2, 0.25) is 0 Å². The highest BCUT2D eigenvalue weighted by atomic mass is 16.5. The number of nitrogens with one attached hydrogen (secondary N) is 1. The molecule has 0 radical (unpaired) electrons. The number of hydrogen-bond acceptors (Lipinski definition) is 3. The molecule has 3 aromatic rings. The molecule has 112 valence electrons. The van der Waals surface area contributed by atoms with E-state index in [-0.39, 0.29) is 0 Å². The van der Waals surface area contributed by atoms with E-state index >= 15 is 0 Å². The summed E-state index contributed by atoms with van der Waals surface area (Å²) in [5.41, 5.74) is 9.03. The minimum atomic E-state index is 0.533. The highest BCUT2D eigenvalue weighted by Crippen LogP contribution is 2.37. The van der Waals surface area contributed by atoms with E-state index < -0.39 is 0 Å². The van der Waals surface area contributed by atoms with Gasteiger partial charge in [0, 0.05) is 23.4 Å². The maximum Gasteiger partial charge on any atom is 0.129 e. The number of rotatable bonds is 5. The summed E-state index contributed by atoms with van der Waals surface area (Å²) >= 11 is 0. The Labute approximate surface area is 130 Å². The van der Waals surface area contributed by atoms with Crippen molar-refractivity contribution in [2.45, 2.75) is 13.5 Å². The topological polar surface area (TPSA) is 47.3 Å². The van der Waals surface area contributed by atoms with Crippen LogP contribution in [0.5, 0.6) is 5.75 Å². The van der Waals surface area contributed by atoms with Crippen molar-refractivity contribution >= 4 is 22.1 Å². The predicted octanol–water partition coefficient (Wildman–Crippen LogP) is 4.43. The van der Waals surface area contributed by atoms with Crippen LogP contribution in [0.3, 0.4) is 0 Å². The first kappa shape index (κ1) is 14.3. The molecule has 0 heterocycles. The molecule has 0 aliphatic heterocycles. The Balaban J connectivity index is 1.98. The molecule has 22 heavy (non-hydrogen) atoms. The highest BCUT2D eigenvalue weighted by molar-refractivity contribution is 6.03. The van der Waals surface area contributed by atoms with E-state index in [0.717, 1.165) is 34.3 Å². The number of fused-ring (bicyclic) bond motifs is 1. The van der Waals surface area contributed by atoms with Crippen LogP contribution >= 0.6 is 0 Å².